The Morgan fingerprint density at radius 3 is 2.85 bits per heavy atom. The predicted octanol–water partition coefficient (Wildman–Crippen LogP) is 4.84. The quantitative estimate of drug-likeness (QED) is 0.817. The lowest BCUT2D eigenvalue weighted by Gasteiger charge is -2.33. The minimum absolute atomic E-state index is 0.113. The van der Waals surface area contributed by atoms with Gasteiger partial charge in [-0.3, -0.25) is 0 Å². The Morgan fingerprint density at radius 2 is 2.22 bits per heavy atom. The maximum absolute atomic E-state index is 13.3. The van der Waals surface area contributed by atoms with Crippen molar-refractivity contribution >= 4 is 29.4 Å². The number of nitrogens with zero attached hydrogens (tertiary/aromatic N) is 2. The van der Waals surface area contributed by atoms with Crippen molar-refractivity contribution in [2.75, 3.05) is 25.5 Å². The average Bonchev–Trinajstić information content (AvgIpc) is 2.67. The maximum atomic E-state index is 13.3. The molecule has 0 spiro atoms. The number of hydrogen-bond acceptors (Lipinski definition) is 3. The van der Waals surface area contributed by atoms with Gasteiger partial charge in [0.05, 0.1) is 24.0 Å². The Labute approximate surface area is 162 Å². The summed E-state index contributed by atoms with van der Waals surface area (Å²) >= 11 is 5.85. The number of carbonyl (C=O) groups is 1. The first-order valence-corrected chi connectivity index (χ1v) is 9.05. The monoisotopic (exact) mass is 389 g/mol. The molecule has 1 fully saturated rings. The number of rotatable bonds is 3. The summed E-state index contributed by atoms with van der Waals surface area (Å²) in [7, 11) is 1.54. The van der Waals surface area contributed by atoms with Crippen LogP contribution in [-0.2, 0) is 0 Å². The molecule has 2 amide bonds. The molecule has 1 aromatic carbocycles. The minimum atomic E-state index is -0.425. The largest absolute Gasteiger partial charge is 0.481 e. The van der Waals surface area contributed by atoms with Gasteiger partial charge >= 0.3 is 6.03 Å². The highest BCUT2D eigenvalue weighted by molar-refractivity contribution is 6.30. The van der Waals surface area contributed by atoms with E-state index in [1.807, 2.05) is 6.08 Å². The zero-order valence-electron chi connectivity index (χ0n) is 15.2. The number of halogens is 2. The van der Waals surface area contributed by atoms with E-state index in [9.17, 15) is 9.18 Å². The van der Waals surface area contributed by atoms with Gasteiger partial charge in [-0.1, -0.05) is 36.2 Å². The third kappa shape index (κ3) is 4.77. The van der Waals surface area contributed by atoms with Crippen molar-refractivity contribution < 1.29 is 13.9 Å². The number of benzene rings is 1. The Balaban J connectivity index is 1.62. The molecule has 0 radical (unpaired) electrons. The average molecular weight is 390 g/mol. The van der Waals surface area contributed by atoms with E-state index in [1.54, 1.807) is 42.5 Å². The minimum Gasteiger partial charge on any atom is -0.481 e. The summed E-state index contributed by atoms with van der Waals surface area (Å²) in [6.45, 7) is 3.29. The summed E-state index contributed by atoms with van der Waals surface area (Å²) < 4.78 is 18.3. The van der Waals surface area contributed by atoms with E-state index in [4.69, 9.17) is 16.3 Å². The van der Waals surface area contributed by atoms with Crippen LogP contribution in [0.2, 0.25) is 5.02 Å². The van der Waals surface area contributed by atoms with E-state index in [0.717, 1.165) is 12.0 Å². The second kappa shape index (κ2) is 8.39. The van der Waals surface area contributed by atoms with Gasteiger partial charge in [0.15, 0.2) is 0 Å². The molecule has 5 nitrogen and oxygen atoms in total. The number of ether oxygens (including phenoxy) is 1. The zero-order chi connectivity index (χ0) is 19.4. The number of methoxy groups -OCH3 is 1. The SMILES string of the molecule is COc1ccc(NC(=O)N2CC/C(=C\c3ccc(F)c(Cl)c3)C(C)C2)cn1. The molecule has 2 heterocycles. The van der Waals surface area contributed by atoms with Crippen molar-refractivity contribution in [3.8, 4) is 5.88 Å². The Hall–Kier alpha value is -2.60. The first-order valence-electron chi connectivity index (χ1n) is 8.67. The normalized spacial score (nSPS) is 18.4. The van der Waals surface area contributed by atoms with E-state index >= 15 is 0 Å². The van der Waals surface area contributed by atoms with E-state index in [0.29, 0.717) is 24.7 Å². The summed E-state index contributed by atoms with van der Waals surface area (Å²) in [6, 6.07) is 7.98. The lowest BCUT2D eigenvalue weighted by molar-refractivity contribution is 0.198. The number of carbonyl (C=O) groups excluding carboxylic acids is 1. The molecule has 1 aromatic heterocycles. The topological polar surface area (TPSA) is 54.5 Å². The van der Waals surface area contributed by atoms with Gasteiger partial charge in [-0.15, -0.1) is 0 Å². The maximum Gasteiger partial charge on any atom is 0.321 e. The van der Waals surface area contributed by atoms with Crippen LogP contribution in [0.15, 0.2) is 42.1 Å². The van der Waals surface area contributed by atoms with Gasteiger partial charge in [0, 0.05) is 19.2 Å². The van der Waals surface area contributed by atoms with E-state index in [-0.39, 0.29) is 17.0 Å². The van der Waals surface area contributed by atoms with Gasteiger partial charge in [-0.2, -0.15) is 0 Å². The smallest absolute Gasteiger partial charge is 0.321 e. The first-order chi connectivity index (χ1) is 13.0. The van der Waals surface area contributed by atoms with Crippen molar-refractivity contribution in [1.82, 2.24) is 9.88 Å². The van der Waals surface area contributed by atoms with E-state index in [2.05, 4.69) is 17.2 Å². The van der Waals surface area contributed by atoms with Crippen LogP contribution >= 0.6 is 11.6 Å². The predicted molar refractivity (Wildman–Crippen MR) is 105 cm³/mol. The summed E-state index contributed by atoms with van der Waals surface area (Å²) in [5.74, 6) is 0.268. The van der Waals surface area contributed by atoms with Gasteiger partial charge in [-0.05, 0) is 36.1 Å². The summed E-state index contributed by atoms with van der Waals surface area (Å²) in [5, 5.41) is 2.96. The summed E-state index contributed by atoms with van der Waals surface area (Å²) in [4.78, 5) is 18.4. The van der Waals surface area contributed by atoms with Crippen LogP contribution in [0.1, 0.15) is 18.9 Å². The molecule has 2 aromatic rings. The molecule has 0 aliphatic carbocycles. The second-order valence-corrected chi connectivity index (χ2v) is 6.92. The Kier molecular flexibility index (Phi) is 5.96. The fourth-order valence-corrected chi connectivity index (χ4v) is 3.23. The standard InChI is InChI=1S/C20H21ClFN3O2/c1-13-12-25(20(26)24-16-4-6-19(27-2)23-11-16)8-7-15(13)9-14-3-5-18(22)17(21)10-14/h3-6,9-11,13H,7-8,12H2,1-2H3,(H,24,26)/b15-9+. The van der Waals surface area contributed by atoms with E-state index < -0.39 is 5.82 Å². The van der Waals surface area contributed by atoms with Gasteiger partial charge in [0.25, 0.3) is 0 Å². The highest BCUT2D eigenvalue weighted by Crippen LogP contribution is 2.27. The molecule has 1 N–H and O–H groups in total. The fraction of sp³-hybridized carbons (Fsp3) is 0.300. The van der Waals surface area contributed by atoms with Gasteiger partial charge < -0.3 is 15.0 Å². The molecular formula is C20H21ClFN3O2. The molecule has 0 saturated carbocycles. The summed E-state index contributed by atoms with van der Waals surface area (Å²) in [6.07, 6.45) is 4.34. The van der Waals surface area contributed by atoms with Crippen LogP contribution in [0.3, 0.4) is 0 Å². The van der Waals surface area contributed by atoms with Crippen LogP contribution in [0.25, 0.3) is 6.08 Å². The number of aromatic nitrogens is 1. The van der Waals surface area contributed by atoms with Gasteiger partial charge in [0.2, 0.25) is 5.88 Å². The number of nitrogens with one attached hydrogen (secondary N) is 1. The number of piperidine rings is 1. The molecule has 0 bridgehead atoms. The number of pyridine rings is 1. The van der Waals surface area contributed by atoms with Crippen LogP contribution in [0.5, 0.6) is 5.88 Å². The highest BCUT2D eigenvalue weighted by atomic mass is 35.5. The number of anilines is 1. The molecule has 142 valence electrons. The van der Waals surface area contributed by atoms with Crippen molar-refractivity contribution in [2.24, 2.45) is 5.92 Å². The number of amides is 2. The van der Waals surface area contributed by atoms with Crippen LogP contribution < -0.4 is 10.1 Å². The molecular weight excluding hydrogens is 369 g/mol. The molecule has 3 rings (SSSR count). The fourth-order valence-electron chi connectivity index (χ4n) is 3.04. The Bertz CT molecular complexity index is 855. The van der Waals surface area contributed by atoms with Crippen LogP contribution in [0, 0.1) is 11.7 Å². The first kappa shape index (κ1) is 19.2. The molecule has 1 unspecified atom stereocenters. The number of likely N-dealkylation sites (tertiary alicyclic amines) is 1. The lowest BCUT2D eigenvalue weighted by atomic mass is 9.91. The zero-order valence-corrected chi connectivity index (χ0v) is 16.0. The molecule has 1 aliphatic heterocycles. The van der Waals surface area contributed by atoms with Crippen molar-refractivity contribution in [3.05, 3.63) is 58.5 Å². The molecule has 7 heteroatoms. The highest BCUT2D eigenvalue weighted by Gasteiger charge is 2.24. The Morgan fingerprint density at radius 1 is 1.41 bits per heavy atom. The lowest BCUT2D eigenvalue weighted by Crippen LogP contribution is -2.42. The van der Waals surface area contributed by atoms with Crippen molar-refractivity contribution in [2.45, 2.75) is 13.3 Å². The second-order valence-electron chi connectivity index (χ2n) is 6.51. The molecule has 27 heavy (non-hydrogen) atoms. The van der Waals surface area contributed by atoms with Gasteiger partial charge in [0.1, 0.15) is 5.82 Å². The molecule has 1 atom stereocenters. The number of urea groups is 1. The molecule has 1 aliphatic rings. The van der Waals surface area contributed by atoms with Crippen LogP contribution in [0.4, 0.5) is 14.9 Å². The van der Waals surface area contributed by atoms with Crippen molar-refractivity contribution in [1.29, 1.82) is 0 Å². The third-order valence-corrected chi connectivity index (χ3v) is 4.87. The van der Waals surface area contributed by atoms with Gasteiger partial charge in [-0.25, -0.2) is 14.2 Å². The van der Waals surface area contributed by atoms with E-state index in [1.165, 1.54) is 11.6 Å². The summed E-state index contributed by atoms with van der Waals surface area (Å²) in [5.41, 5.74) is 2.70. The van der Waals surface area contributed by atoms with Crippen molar-refractivity contribution in [3.63, 3.8) is 0 Å². The number of hydrogen-bond donors (Lipinski definition) is 1. The van der Waals surface area contributed by atoms with Crippen LogP contribution in [-0.4, -0.2) is 36.1 Å². The molecule has 1 saturated heterocycles. The third-order valence-electron chi connectivity index (χ3n) is 4.58.